The zero-order valence-electron chi connectivity index (χ0n) is 9.39. The van der Waals surface area contributed by atoms with Crippen molar-refractivity contribution in [2.45, 2.75) is 13.3 Å². The summed E-state index contributed by atoms with van der Waals surface area (Å²) in [4.78, 5) is 13.4. The van der Waals surface area contributed by atoms with Crippen molar-refractivity contribution in [2.75, 3.05) is 13.1 Å². The zero-order chi connectivity index (χ0) is 12.8. The first-order valence-electron chi connectivity index (χ1n) is 5.09. The van der Waals surface area contributed by atoms with Gasteiger partial charge in [-0.3, -0.25) is 4.79 Å². The fourth-order valence-corrected chi connectivity index (χ4v) is 1.43. The van der Waals surface area contributed by atoms with Crippen LogP contribution in [0.5, 0.6) is 0 Å². The molecular formula is C10H14ClN3O3. The van der Waals surface area contributed by atoms with Crippen molar-refractivity contribution < 1.29 is 14.4 Å². The number of amidine groups is 1. The number of amides is 1. The average Bonchev–Trinajstić information content (AvgIpc) is 2.76. The third-order valence-corrected chi connectivity index (χ3v) is 2.42. The van der Waals surface area contributed by atoms with Crippen molar-refractivity contribution in [2.24, 2.45) is 10.9 Å². The van der Waals surface area contributed by atoms with E-state index in [1.165, 1.54) is 17.0 Å². The van der Waals surface area contributed by atoms with Gasteiger partial charge in [-0.1, -0.05) is 5.16 Å². The number of carbonyl (C=O) groups is 1. The minimum atomic E-state index is -0.273. The van der Waals surface area contributed by atoms with Crippen LogP contribution >= 0.6 is 11.6 Å². The van der Waals surface area contributed by atoms with Gasteiger partial charge in [-0.05, 0) is 30.7 Å². The molecule has 0 aliphatic heterocycles. The van der Waals surface area contributed by atoms with E-state index >= 15 is 0 Å². The Morgan fingerprint density at radius 3 is 2.82 bits per heavy atom. The molecule has 6 nitrogen and oxygen atoms in total. The van der Waals surface area contributed by atoms with E-state index in [9.17, 15) is 4.79 Å². The summed E-state index contributed by atoms with van der Waals surface area (Å²) >= 11 is 5.59. The quantitative estimate of drug-likeness (QED) is 0.363. The molecule has 3 N–H and O–H groups in total. The molecular weight excluding hydrogens is 246 g/mol. The second kappa shape index (κ2) is 6.15. The van der Waals surface area contributed by atoms with E-state index in [0.29, 0.717) is 19.5 Å². The molecule has 0 radical (unpaired) electrons. The fraction of sp³-hybridized carbons (Fsp3) is 0.400. The number of rotatable bonds is 5. The molecule has 0 aliphatic carbocycles. The van der Waals surface area contributed by atoms with Gasteiger partial charge in [0.1, 0.15) is 5.84 Å². The Bertz CT molecular complexity index is 417. The molecule has 0 aromatic carbocycles. The van der Waals surface area contributed by atoms with Crippen molar-refractivity contribution >= 4 is 23.3 Å². The lowest BCUT2D eigenvalue weighted by atomic mass is 10.3. The Balaban J connectivity index is 2.64. The monoisotopic (exact) mass is 259 g/mol. The van der Waals surface area contributed by atoms with Crippen molar-refractivity contribution in [3.05, 3.63) is 23.1 Å². The van der Waals surface area contributed by atoms with Gasteiger partial charge < -0.3 is 20.3 Å². The van der Waals surface area contributed by atoms with Gasteiger partial charge in [0, 0.05) is 19.5 Å². The average molecular weight is 260 g/mol. The standard InChI is InChI=1S/C10H14ClN3O3/c1-2-14(6-5-9(12)13-16)10(15)7-3-4-8(11)17-7/h3-4,16H,2,5-6H2,1H3,(H2,12,13). The van der Waals surface area contributed by atoms with Crippen LogP contribution in [0.15, 0.2) is 21.7 Å². The highest BCUT2D eigenvalue weighted by molar-refractivity contribution is 6.29. The number of hydrogen-bond acceptors (Lipinski definition) is 4. The van der Waals surface area contributed by atoms with Gasteiger partial charge in [-0.15, -0.1) is 0 Å². The molecule has 1 amide bonds. The first-order valence-corrected chi connectivity index (χ1v) is 5.47. The third kappa shape index (κ3) is 3.67. The molecule has 1 aromatic rings. The minimum Gasteiger partial charge on any atom is -0.440 e. The van der Waals surface area contributed by atoms with Crippen LogP contribution in [0.3, 0.4) is 0 Å². The topological polar surface area (TPSA) is 92.1 Å². The predicted octanol–water partition coefficient (Wildman–Crippen LogP) is 1.53. The summed E-state index contributed by atoms with van der Waals surface area (Å²) in [5, 5.41) is 11.4. The lowest BCUT2D eigenvalue weighted by molar-refractivity contribution is 0.0736. The second-order valence-electron chi connectivity index (χ2n) is 3.33. The molecule has 0 unspecified atom stereocenters. The van der Waals surface area contributed by atoms with Crippen LogP contribution < -0.4 is 5.73 Å². The maximum absolute atomic E-state index is 11.9. The van der Waals surface area contributed by atoms with Crippen LogP contribution in [0.4, 0.5) is 0 Å². The van der Waals surface area contributed by atoms with Gasteiger partial charge in [-0.25, -0.2) is 0 Å². The summed E-state index contributed by atoms with van der Waals surface area (Å²) in [5.74, 6) is -0.0183. The normalized spacial score (nSPS) is 11.5. The molecule has 0 saturated carbocycles. The Kier molecular flexibility index (Phi) is 4.84. The van der Waals surface area contributed by atoms with Crippen molar-refractivity contribution in [1.82, 2.24) is 4.90 Å². The zero-order valence-corrected chi connectivity index (χ0v) is 10.1. The minimum absolute atomic E-state index is 0.0775. The molecule has 1 aromatic heterocycles. The smallest absolute Gasteiger partial charge is 0.289 e. The lowest BCUT2D eigenvalue weighted by Gasteiger charge is -2.18. The first-order chi connectivity index (χ1) is 8.08. The van der Waals surface area contributed by atoms with Crippen molar-refractivity contribution in [3.63, 3.8) is 0 Å². The number of hydrogen-bond donors (Lipinski definition) is 2. The van der Waals surface area contributed by atoms with Crippen LogP contribution in [-0.2, 0) is 0 Å². The summed E-state index contributed by atoms with van der Waals surface area (Å²) in [5.41, 5.74) is 5.34. The molecule has 1 rings (SSSR count). The summed E-state index contributed by atoms with van der Waals surface area (Å²) in [7, 11) is 0. The molecule has 0 aliphatic rings. The van der Waals surface area contributed by atoms with E-state index in [1.807, 2.05) is 6.92 Å². The molecule has 17 heavy (non-hydrogen) atoms. The fourth-order valence-electron chi connectivity index (χ4n) is 1.29. The predicted molar refractivity (Wildman–Crippen MR) is 63.3 cm³/mol. The van der Waals surface area contributed by atoms with Gasteiger partial charge in [0.15, 0.2) is 11.0 Å². The molecule has 0 bridgehead atoms. The lowest BCUT2D eigenvalue weighted by Crippen LogP contribution is -2.33. The van der Waals surface area contributed by atoms with Crippen molar-refractivity contribution in [1.29, 1.82) is 0 Å². The Labute approximate surface area is 104 Å². The molecule has 1 heterocycles. The van der Waals surface area contributed by atoms with E-state index in [-0.39, 0.29) is 22.7 Å². The number of halogens is 1. The number of furan rings is 1. The van der Waals surface area contributed by atoms with E-state index in [4.69, 9.17) is 27.0 Å². The third-order valence-electron chi connectivity index (χ3n) is 2.22. The van der Waals surface area contributed by atoms with Gasteiger partial charge in [0.2, 0.25) is 0 Å². The number of nitrogens with zero attached hydrogens (tertiary/aromatic N) is 2. The molecule has 0 fully saturated rings. The van der Waals surface area contributed by atoms with E-state index < -0.39 is 0 Å². The second-order valence-corrected chi connectivity index (χ2v) is 3.70. The highest BCUT2D eigenvalue weighted by Crippen LogP contribution is 2.15. The Morgan fingerprint density at radius 1 is 1.65 bits per heavy atom. The maximum atomic E-state index is 11.9. The first kappa shape index (κ1) is 13.4. The Hall–Kier alpha value is -1.69. The van der Waals surface area contributed by atoms with Gasteiger partial charge >= 0.3 is 0 Å². The van der Waals surface area contributed by atoms with Gasteiger partial charge in [0.25, 0.3) is 5.91 Å². The van der Waals surface area contributed by atoms with Crippen LogP contribution in [0.25, 0.3) is 0 Å². The van der Waals surface area contributed by atoms with Crippen LogP contribution in [0.1, 0.15) is 23.9 Å². The molecule has 7 heteroatoms. The molecule has 94 valence electrons. The van der Waals surface area contributed by atoms with Crippen LogP contribution in [0, 0.1) is 0 Å². The number of oxime groups is 1. The SMILES string of the molecule is CCN(CC/C(N)=N/O)C(=O)c1ccc(Cl)o1. The Morgan fingerprint density at radius 2 is 2.35 bits per heavy atom. The summed E-state index contributed by atoms with van der Waals surface area (Å²) in [6.07, 6.45) is 0.296. The van der Waals surface area contributed by atoms with Gasteiger partial charge in [0.05, 0.1) is 0 Å². The summed E-state index contributed by atoms with van der Waals surface area (Å²) in [6, 6.07) is 3.02. The van der Waals surface area contributed by atoms with E-state index in [2.05, 4.69) is 5.16 Å². The summed E-state index contributed by atoms with van der Waals surface area (Å²) in [6.45, 7) is 2.67. The highest BCUT2D eigenvalue weighted by Gasteiger charge is 2.17. The number of carbonyl (C=O) groups excluding carboxylic acids is 1. The molecule has 0 atom stereocenters. The van der Waals surface area contributed by atoms with Gasteiger partial charge in [-0.2, -0.15) is 0 Å². The number of nitrogens with two attached hydrogens (primary N) is 1. The molecule has 0 saturated heterocycles. The summed E-state index contributed by atoms with van der Waals surface area (Å²) < 4.78 is 5.02. The van der Waals surface area contributed by atoms with Crippen LogP contribution in [-0.4, -0.2) is 34.9 Å². The van der Waals surface area contributed by atoms with E-state index in [1.54, 1.807) is 0 Å². The largest absolute Gasteiger partial charge is 0.440 e. The maximum Gasteiger partial charge on any atom is 0.289 e. The van der Waals surface area contributed by atoms with Crippen molar-refractivity contribution in [3.8, 4) is 0 Å². The molecule has 0 spiro atoms. The van der Waals surface area contributed by atoms with Crippen LogP contribution in [0.2, 0.25) is 5.22 Å². The highest BCUT2D eigenvalue weighted by atomic mass is 35.5. The van der Waals surface area contributed by atoms with E-state index in [0.717, 1.165) is 0 Å².